The van der Waals surface area contributed by atoms with Gasteiger partial charge in [0.05, 0.1) is 12.7 Å². The molecule has 2 aromatic heterocycles. The Labute approximate surface area is 138 Å². The summed E-state index contributed by atoms with van der Waals surface area (Å²) in [6.07, 6.45) is 3.59. The van der Waals surface area contributed by atoms with Gasteiger partial charge in [0.2, 0.25) is 11.7 Å². The zero-order valence-corrected chi connectivity index (χ0v) is 13.1. The molecule has 1 amide bonds. The molecule has 0 saturated heterocycles. The van der Waals surface area contributed by atoms with E-state index in [2.05, 4.69) is 20.4 Å². The average molecular weight is 324 g/mol. The summed E-state index contributed by atoms with van der Waals surface area (Å²) in [5.41, 5.74) is 1.35. The summed E-state index contributed by atoms with van der Waals surface area (Å²) in [4.78, 5) is 20.1. The molecule has 0 spiro atoms. The number of ether oxygens (including phenoxy) is 1. The maximum absolute atomic E-state index is 11.9. The summed E-state index contributed by atoms with van der Waals surface area (Å²) in [5.74, 6) is 1.55. The zero-order valence-electron chi connectivity index (χ0n) is 13.1. The molecule has 0 unspecified atom stereocenters. The molecule has 3 rings (SSSR count). The summed E-state index contributed by atoms with van der Waals surface area (Å²) in [5, 5.41) is 6.74. The molecular formula is C17H16N4O3. The predicted molar refractivity (Wildman–Crippen MR) is 86.6 cm³/mol. The third-order valence-electron chi connectivity index (χ3n) is 3.36. The first-order valence-corrected chi connectivity index (χ1v) is 7.41. The van der Waals surface area contributed by atoms with Crippen LogP contribution in [0.3, 0.4) is 0 Å². The quantitative estimate of drug-likeness (QED) is 0.747. The molecule has 0 aliphatic rings. The van der Waals surface area contributed by atoms with Gasteiger partial charge in [-0.05, 0) is 36.4 Å². The Morgan fingerprint density at radius 3 is 2.79 bits per heavy atom. The van der Waals surface area contributed by atoms with Gasteiger partial charge < -0.3 is 14.6 Å². The van der Waals surface area contributed by atoms with Crippen LogP contribution in [0.5, 0.6) is 5.75 Å². The standard InChI is InChI=1S/C17H16N4O3/c1-23-14-6-4-12(5-7-14)16-20-15(24-21-16)8-10-19-17(22)13-3-2-9-18-11-13/h2-7,9,11H,8,10H2,1H3,(H,19,22). The third-order valence-corrected chi connectivity index (χ3v) is 3.36. The molecule has 0 fully saturated rings. The SMILES string of the molecule is COc1ccc(-c2noc(CCNC(=O)c3cccnc3)n2)cc1. The lowest BCUT2D eigenvalue weighted by Crippen LogP contribution is -2.25. The number of benzene rings is 1. The van der Waals surface area contributed by atoms with Crippen LogP contribution >= 0.6 is 0 Å². The summed E-state index contributed by atoms with van der Waals surface area (Å²) >= 11 is 0. The van der Waals surface area contributed by atoms with Gasteiger partial charge in [0.15, 0.2) is 0 Å². The van der Waals surface area contributed by atoms with E-state index in [1.165, 1.54) is 6.20 Å². The summed E-state index contributed by atoms with van der Waals surface area (Å²) < 4.78 is 10.3. The number of carbonyl (C=O) groups excluding carboxylic acids is 1. The van der Waals surface area contributed by atoms with Crippen molar-refractivity contribution in [1.29, 1.82) is 0 Å². The van der Waals surface area contributed by atoms with Gasteiger partial charge in [-0.3, -0.25) is 9.78 Å². The van der Waals surface area contributed by atoms with E-state index >= 15 is 0 Å². The van der Waals surface area contributed by atoms with Gasteiger partial charge >= 0.3 is 0 Å². The molecule has 24 heavy (non-hydrogen) atoms. The fourth-order valence-corrected chi connectivity index (χ4v) is 2.10. The van der Waals surface area contributed by atoms with Crippen LogP contribution in [0.1, 0.15) is 16.2 Å². The monoisotopic (exact) mass is 324 g/mol. The maximum Gasteiger partial charge on any atom is 0.252 e. The Bertz CT molecular complexity index is 800. The van der Waals surface area contributed by atoms with Crippen LogP contribution in [-0.4, -0.2) is 34.7 Å². The van der Waals surface area contributed by atoms with Crippen LogP contribution in [0.4, 0.5) is 0 Å². The number of methoxy groups -OCH3 is 1. The fourth-order valence-electron chi connectivity index (χ4n) is 2.10. The van der Waals surface area contributed by atoms with E-state index in [1.807, 2.05) is 24.3 Å². The lowest BCUT2D eigenvalue weighted by molar-refractivity contribution is 0.0953. The van der Waals surface area contributed by atoms with E-state index in [4.69, 9.17) is 9.26 Å². The molecule has 0 saturated carbocycles. The number of aromatic nitrogens is 3. The Balaban J connectivity index is 1.55. The second-order valence-electron chi connectivity index (χ2n) is 4.99. The number of pyridine rings is 1. The van der Waals surface area contributed by atoms with Crippen molar-refractivity contribution < 1.29 is 14.1 Å². The Hall–Kier alpha value is -3.22. The van der Waals surface area contributed by atoms with Gasteiger partial charge in [-0.2, -0.15) is 4.98 Å². The van der Waals surface area contributed by atoms with Crippen LogP contribution < -0.4 is 10.1 Å². The minimum atomic E-state index is -0.182. The highest BCUT2D eigenvalue weighted by molar-refractivity contribution is 5.93. The molecule has 0 radical (unpaired) electrons. The second kappa shape index (κ2) is 7.36. The van der Waals surface area contributed by atoms with Crippen LogP contribution in [0.15, 0.2) is 53.3 Å². The lowest BCUT2D eigenvalue weighted by atomic mass is 10.2. The Kier molecular flexibility index (Phi) is 4.81. The maximum atomic E-state index is 11.9. The van der Waals surface area contributed by atoms with Crippen LogP contribution in [-0.2, 0) is 6.42 Å². The largest absolute Gasteiger partial charge is 0.497 e. The number of nitrogens with zero attached hydrogens (tertiary/aromatic N) is 3. The first-order chi connectivity index (χ1) is 11.8. The van der Waals surface area contributed by atoms with E-state index < -0.39 is 0 Å². The normalized spacial score (nSPS) is 10.4. The molecule has 7 heteroatoms. The second-order valence-corrected chi connectivity index (χ2v) is 4.99. The highest BCUT2D eigenvalue weighted by atomic mass is 16.5. The molecule has 0 aliphatic heterocycles. The summed E-state index contributed by atoms with van der Waals surface area (Å²) in [6, 6.07) is 10.8. The molecule has 122 valence electrons. The van der Waals surface area contributed by atoms with Crippen LogP contribution in [0.25, 0.3) is 11.4 Å². The smallest absolute Gasteiger partial charge is 0.252 e. The topological polar surface area (TPSA) is 90.1 Å². The van der Waals surface area contributed by atoms with E-state index in [1.54, 1.807) is 25.4 Å². The lowest BCUT2D eigenvalue weighted by Gasteiger charge is -2.02. The first-order valence-electron chi connectivity index (χ1n) is 7.41. The van der Waals surface area contributed by atoms with Crippen molar-refractivity contribution in [2.24, 2.45) is 0 Å². The van der Waals surface area contributed by atoms with Gasteiger partial charge in [0.25, 0.3) is 5.91 Å². The van der Waals surface area contributed by atoms with Crippen molar-refractivity contribution >= 4 is 5.91 Å². The van der Waals surface area contributed by atoms with Gasteiger partial charge in [0.1, 0.15) is 5.75 Å². The van der Waals surface area contributed by atoms with Crippen LogP contribution in [0.2, 0.25) is 0 Å². The minimum Gasteiger partial charge on any atom is -0.497 e. The Morgan fingerprint density at radius 2 is 2.08 bits per heavy atom. The van der Waals surface area contributed by atoms with E-state index in [9.17, 15) is 4.79 Å². The van der Waals surface area contributed by atoms with Crippen molar-refractivity contribution in [3.63, 3.8) is 0 Å². The molecule has 0 aliphatic carbocycles. The van der Waals surface area contributed by atoms with Gasteiger partial charge in [-0.1, -0.05) is 5.16 Å². The van der Waals surface area contributed by atoms with E-state index in [-0.39, 0.29) is 5.91 Å². The molecule has 1 N–H and O–H groups in total. The predicted octanol–water partition coefficient (Wildman–Crippen LogP) is 2.11. The third kappa shape index (κ3) is 3.75. The van der Waals surface area contributed by atoms with Crippen molar-refractivity contribution in [3.05, 3.63) is 60.2 Å². The molecule has 3 aromatic rings. The Morgan fingerprint density at radius 1 is 1.25 bits per heavy atom. The molecule has 0 bridgehead atoms. The highest BCUT2D eigenvalue weighted by Crippen LogP contribution is 2.19. The van der Waals surface area contributed by atoms with Crippen molar-refractivity contribution in [1.82, 2.24) is 20.4 Å². The minimum absolute atomic E-state index is 0.182. The molecule has 1 aromatic carbocycles. The molecule has 2 heterocycles. The summed E-state index contributed by atoms with van der Waals surface area (Å²) in [6.45, 7) is 0.401. The molecular weight excluding hydrogens is 308 g/mol. The van der Waals surface area contributed by atoms with E-state index in [0.717, 1.165) is 11.3 Å². The zero-order chi connectivity index (χ0) is 16.8. The fraction of sp³-hybridized carbons (Fsp3) is 0.176. The average Bonchev–Trinajstić information content (AvgIpc) is 3.11. The first kappa shape index (κ1) is 15.7. The summed E-state index contributed by atoms with van der Waals surface area (Å²) in [7, 11) is 1.61. The van der Waals surface area contributed by atoms with Gasteiger partial charge in [0, 0.05) is 30.9 Å². The number of hydrogen-bond donors (Lipinski definition) is 1. The van der Waals surface area contributed by atoms with Crippen molar-refractivity contribution in [2.75, 3.05) is 13.7 Å². The van der Waals surface area contributed by atoms with Crippen molar-refractivity contribution in [3.8, 4) is 17.1 Å². The van der Waals surface area contributed by atoms with Gasteiger partial charge in [-0.25, -0.2) is 0 Å². The number of nitrogens with one attached hydrogen (secondary N) is 1. The molecule has 0 atom stereocenters. The highest BCUT2D eigenvalue weighted by Gasteiger charge is 2.10. The number of rotatable bonds is 6. The van der Waals surface area contributed by atoms with Crippen molar-refractivity contribution in [2.45, 2.75) is 6.42 Å². The van der Waals surface area contributed by atoms with Gasteiger partial charge in [-0.15, -0.1) is 0 Å². The molecule has 7 nitrogen and oxygen atoms in total. The number of amides is 1. The number of carbonyl (C=O) groups is 1. The number of hydrogen-bond acceptors (Lipinski definition) is 6. The van der Waals surface area contributed by atoms with Crippen LogP contribution in [0, 0.1) is 0 Å². The van der Waals surface area contributed by atoms with E-state index in [0.29, 0.717) is 30.2 Å².